The Morgan fingerprint density at radius 2 is 2.06 bits per heavy atom. The number of nitrogens with one attached hydrogen (secondary N) is 1. The molecule has 1 aromatic carbocycles. The van der Waals surface area contributed by atoms with Crippen LogP contribution in [-0.2, 0) is 0 Å². The predicted molar refractivity (Wildman–Crippen MR) is 71.6 cm³/mol. The largest absolute Gasteiger partial charge is 0.327 e. The molecule has 18 heavy (non-hydrogen) atoms. The fraction of sp³-hybridized carbons (Fsp3) is 0.267. The van der Waals surface area contributed by atoms with E-state index in [0.29, 0.717) is 6.54 Å². The van der Waals surface area contributed by atoms with Gasteiger partial charge in [-0.1, -0.05) is 36.3 Å². The lowest BCUT2D eigenvalue weighted by molar-refractivity contribution is 0.209. The Bertz CT molecular complexity index is 522. The van der Waals surface area contributed by atoms with Crippen molar-refractivity contribution in [1.82, 2.24) is 10.2 Å². The van der Waals surface area contributed by atoms with E-state index in [0.717, 1.165) is 11.3 Å². The monoisotopic (exact) mass is 240 g/mol. The lowest BCUT2D eigenvalue weighted by atomic mass is 10.0. The van der Waals surface area contributed by atoms with Gasteiger partial charge in [-0.2, -0.15) is 0 Å². The number of hydrogen-bond acceptors (Lipinski definition) is 1. The van der Waals surface area contributed by atoms with Gasteiger partial charge in [0.2, 0.25) is 0 Å². The van der Waals surface area contributed by atoms with Crippen LogP contribution in [0.15, 0.2) is 42.1 Å². The number of urea groups is 1. The second-order valence-corrected chi connectivity index (χ2v) is 4.16. The van der Waals surface area contributed by atoms with E-state index in [4.69, 9.17) is 0 Å². The first-order chi connectivity index (χ1) is 8.72. The molecule has 3 nitrogen and oxygen atoms in total. The molecule has 0 radical (unpaired) electrons. The Balaban J connectivity index is 2.22. The standard InChI is InChI=1S/C15H16N2O/c1-3-4-10-17-12(2)11-14(16-15(17)18)13-8-6-5-7-9-13/h5-9,11,14H,10H2,1-2H3,(H,16,18). The van der Waals surface area contributed by atoms with E-state index in [1.807, 2.05) is 43.3 Å². The van der Waals surface area contributed by atoms with Crippen LogP contribution in [0.1, 0.15) is 25.5 Å². The molecule has 92 valence electrons. The van der Waals surface area contributed by atoms with E-state index in [1.54, 1.807) is 11.8 Å². The van der Waals surface area contributed by atoms with Crippen molar-refractivity contribution in [2.24, 2.45) is 0 Å². The van der Waals surface area contributed by atoms with E-state index in [9.17, 15) is 4.79 Å². The fourth-order valence-corrected chi connectivity index (χ4v) is 1.94. The maximum atomic E-state index is 12.0. The summed E-state index contributed by atoms with van der Waals surface area (Å²) in [6, 6.07) is 9.79. The van der Waals surface area contributed by atoms with E-state index in [1.165, 1.54) is 0 Å². The van der Waals surface area contributed by atoms with Crippen molar-refractivity contribution in [2.75, 3.05) is 6.54 Å². The molecular weight excluding hydrogens is 224 g/mol. The van der Waals surface area contributed by atoms with Crippen molar-refractivity contribution in [3.05, 3.63) is 47.7 Å². The molecule has 0 spiro atoms. The predicted octanol–water partition coefficient (Wildman–Crippen LogP) is 2.68. The summed E-state index contributed by atoms with van der Waals surface area (Å²) in [5.74, 6) is 5.71. The number of carbonyl (C=O) groups is 1. The first-order valence-corrected chi connectivity index (χ1v) is 5.93. The zero-order valence-corrected chi connectivity index (χ0v) is 10.6. The molecule has 0 saturated heterocycles. The van der Waals surface area contributed by atoms with Gasteiger partial charge >= 0.3 is 6.03 Å². The van der Waals surface area contributed by atoms with Crippen LogP contribution in [0, 0.1) is 11.8 Å². The van der Waals surface area contributed by atoms with Crippen molar-refractivity contribution in [3.63, 3.8) is 0 Å². The second-order valence-electron chi connectivity index (χ2n) is 4.16. The Kier molecular flexibility index (Phi) is 3.69. The number of carbonyl (C=O) groups excluding carboxylic acids is 1. The van der Waals surface area contributed by atoms with Crippen molar-refractivity contribution in [1.29, 1.82) is 0 Å². The number of amides is 2. The topological polar surface area (TPSA) is 32.3 Å². The quantitative estimate of drug-likeness (QED) is 0.792. The van der Waals surface area contributed by atoms with E-state index >= 15 is 0 Å². The molecule has 0 saturated carbocycles. The molecule has 1 aromatic rings. The summed E-state index contributed by atoms with van der Waals surface area (Å²) in [6.45, 7) is 4.14. The molecule has 3 heteroatoms. The van der Waals surface area contributed by atoms with Gasteiger partial charge in [-0.3, -0.25) is 4.90 Å². The summed E-state index contributed by atoms with van der Waals surface area (Å²) in [5.41, 5.74) is 2.03. The van der Waals surface area contributed by atoms with Gasteiger partial charge < -0.3 is 5.32 Å². The minimum Gasteiger partial charge on any atom is -0.327 e. The molecule has 1 atom stereocenters. The summed E-state index contributed by atoms with van der Waals surface area (Å²) in [4.78, 5) is 13.6. The average molecular weight is 240 g/mol. The van der Waals surface area contributed by atoms with Gasteiger partial charge in [-0.15, -0.1) is 5.92 Å². The van der Waals surface area contributed by atoms with Crippen LogP contribution in [0.5, 0.6) is 0 Å². The minimum atomic E-state index is -0.0911. The first-order valence-electron chi connectivity index (χ1n) is 5.93. The number of allylic oxidation sites excluding steroid dienone is 1. The average Bonchev–Trinajstić information content (AvgIpc) is 2.39. The molecule has 1 N–H and O–H groups in total. The molecule has 1 aliphatic rings. The van der Waals surface area contributed by atoms with Crippen LogP contribution >= 0.6 is 0 Å². The molecule has 0 aliphatic carbocycles. The maximum Gasteiger partial charge on any atom is 0.323 e. The lowest BCUT2D eigenvalue weighted by Crippen LogP contribution is -2.44. The van der Waals surface area contributed by atoms with Gasteiger partial charge in [-0.05, 0) is 25.5 Å². The second kappa shape index (κ2) is 5.42. The lowest BCUT2D eigenvalue weighted by Gasteiger charge is -2.30. The normalized spacial score (nSPS) is 18.6. The highest BCUT2D eigenvalue weighted by Gasteiger charge is 2.24. The van der Waals surface area contributed by atoms with Crippen LogP contribution in [-0.4, -0.2) is 17.5 Å². The Labute approximate surface area is 107 Å². The Morgan fingerprint density at radius 3 is 2.67 bits per heavy atom. The number of nitrogens with zero attached hydrogens (tertiary/aromatic N) is 1. The van der Waals surface area contributed by atoms with Crippen molar-refractivity contribution >= 4 is 6.03 Å². The SMILES string of the molecule is CC#CCN1C(=O)NC(c2ccccc2)C=C1C. The molecule has 0 fully saturated rings. The third kappa shape index (κ3) is 2.54. The number of benzene rings is 1. The van der Waals surface area contributed by atoms with E-state index < -0.39 is 0 Å². The van der Waals surface area contributed by atoms with Crippen LogP contribution in [0.25, 0.3) is 0 Å². The molecule has 1 heterocycles. The van der Waals surface area contributed by atoms with Gasteiger partial charge in [-0.25, -0.2) is 4.79 Å². The third-order valence-corrected chi connectivity index (χ3v) is 2.93. The maximum absolute atomic E-state index is 12.0. The van der Waals surface area contributed by atoms with Crippen LogP contribution in [0.3, 0.4) is 0 Å². The Hall–Kier alpha value is -2.21. The van der Waals surface area contributed by atoms with Crippen molar-refractivity contribution < 1.29 is 4.79 Å². The molecule has 0 aromatic heterocycles. The zero-order chi connectivity index (χ0) is 13.0. The zero-order valence-electron chi connectivity index (χ0n) is 10.6. The summed E-state index contributed by atoms with van der Waals surface area (Å²) < 4.78 is 0. The number of hydrogen-bond donors (Lipinski definition) is 1. The van der Waals surface area contributed by atoms with Crippen LogP contribution < -0.4 is 5.32 Å². The van der Waals surface area contributed by atoms with Crippen LogP contribution in [0.2, 0.25) is 0 Å². The van der Waals surface area contributed by atoms with Gasteiger partial charge in [0, 0.05) is 5.70 Å². The summed E-state index contributed by atoms with van der Waals surface area (Å²) in [5, 5.41) is 2.96. The third-order valence-electron chi connectivity index (χ3n) is 2.93. The molecule has 1 unspecified atom stereocenters. The van der Waals surface area contributed by atoms with Gasteiger partial charge in [0.05, 0.1) is 12.6 Å². The summed E-state index contributed by atoms with van der Waals surface area (Å²) in [7, 11) is 0. The fourth-order valence-electron chi connectivity index (χ4n) is 1.94. The van der Waals surface area contributed by atoms with E-state index in [2.05, 4.69) is 17.2 Å². The highest BCUT2D eigenvalue weighted by molar-refractivity contribution is 5.78. The summed E-state index contributed by atoms with van der Waals surface area (Å²) >= 11 is 0. The highest BCUT2D eigenvalue weighted by Crippen LogP contribution is 2.22. The van der Waals surface area contributed by atoms with E-state index in [-0.39, 0.29) is 12.1 Å². The molecule has 2 rings (SSSR count). The molecular formula is C15H16N2O. The first kappa shape index (κ1) is 12.3. The molecule has 0 bridgehead atoms. The molecule has 2 amide bonds. The van der Waals surface area contributed by atoms with Crippen LogP contribution in [0.4, 0.5) is 4.79 Å². The van der Waals surface area contributed by atoms with Crippen molar-refractivity contribution in [2.45, 2.75) is 19.9 Å². The smallest absolute Gasteiger partial charge is 0.323 e. The molecule has 1 aliphatic heterocycles. The van der Waals surface area contributed by atoms with Gasteiger partial charge in [0.25, 0.3) is 0 Å². The highest BCUT2D eigenvalue weighted by atomic mass is 16.2. The van der Waals surface area contributed by atoms with Gasteiger partial charge in [0.15, 0.2) is 0 Å². The minimum absolute atomic E-state index is 0.0514. The Morgan fingerprint density at radius 1 is 1.33 bits per heavy atom. The van der Waals surface area contributed by atoms with Crippen molar-refractivity contribution in [3.8, 4) is 11.8 Å². The summed E-state index contributed by atoms with van der Waals surface area (Å²) in [6.07, 6.45) is 2.05. The van der Waals surface area contributed by atoms with Gasteiger partial charge in [0.1, 0.15) is 0 Å². The number of rotatable bonds is 2.